The Morgan fingerprint density at radius 1 is 1.35 bits per heavy atom. The topological polar surface area (TPSA) is 121 Å². The minimum Gasteiger partial charge on any atom is -0.476 e. The van der Waals surface area contributed by atoms with E-state index in [-0.39, 0.29) is 12.2 Å². The summed E-state index contributed by atoms with van der Waals surface area (Å²) < 4.78 is 23.7. The van der Waals surface area contributed by atoms with Crippen LogP contribution in [0.5, 0.6) is 0 Å². The maximum absolute atomic E-state index is 10.7. The second-order valence-electron chi connectivity index (χ2n) is 3.20. The Morgan fingerprint density at radius 2 is 2.06 bits per heavy atom. The third kappa shape index (κ3) is 5.22. The molecule has 0 aliphatic rings. The number of sulfonamides is 1. The standard InChI is InChI=1S/C8H12N4O4S/c1-17(15,16)10-5-4-9-7-3-2-6(8(13)14)11-12-7/h2-3,10H,4-5H2,1H3,(H,9,12)(H,13,14). The van der Waals surface area contributed by atoms with E-state index in [1.165, 1.54) is 12.1 Å². The minimum atomic E-state index is -3.20. The first-order valence-corrected chi connectivity index (χ1v) is 6.53. The Labute approximate surface area is 98.1 Å². The Morgan fingerprint density at radius 3 is 2.53 bits per heavy atom. The van der Waals surface area contributed by atoms with Gasteiger partial charge in [-0.2, -0.15) is 0 Å². The van der Waals surface area contributed by atoms with Crippen LogP contribution in [0.25, 0.3) is 0 Å². The highest BCUT2D eigenvalue weighted by Gasteiger charge is 2.04. The number of aromatic nitrogens is 2. The molecule has 0 bridgehead atoms. The highest BCUT2D eigenvalue weighted by molar-refractivity contribution is 7.88. The summed E-state index contributed by atoms with van der Waals surface area (Å²) in [6.45, 7) is 0.537. The fourth-order valence-electron chi connectivity index (χ4n) is 0.968. The van der Waals surface area contributed by atoms with Gasteiger partial charge < -0.3 is 10.4 Å². The molecule has 0 radical (unpaired) electrons. The number of carboxylic acid groups (broad SMARTS) is 1. The van der Waals surface area contributed by atoms with Crippen LogP contribution in [0.2, 0.25) is 0 Å². The van der Waals surface area contributed by atoms with Gasteiger partial charge in [0.25, 0.3) is 0 Å². The van der Waals surface area contributed by atoms with Gasteiger partial charge in [0.2, 0.25) is 10.0 Å². The van der Waals surface area contributed by atoms with Gasteiger partial charge in [-0.15, -0.1) is 10.2 Å². The fourth-order valence-corrected chi connectivity index (χ4v) is 1.44. The number of nitrogens with zero attached hydrogens (tertiary/aromatic N) is 2. The van der Waals surface area contributed by atoms with Crippen molar-refractivity contribution in [2.24, 2.45) is 0 Å². The van der Waals surface area contributed by atoms with Crippen molar-refractivity contribution in [2.75, 3.05) is 24.7 Å². The van der Waals surface area contributed by atoms with Gasteiger partial charge >= 0.3 is 5.97 Å². The van der Waals surface area contributed by atoms with Crippen LogP contribution in [0.15, 0.2) is 12.1 Å². The van der Waals surface area contributed by atoms with E-state index >= 15 is 0 Å². The van der Waals surface area contributed by atoms with Gasteiger partial charge in [-0.1, -0.05) is 0 Å². The number of nitrogens with one attached hydrogen (secondary N) is 2. The first kappa shape index (κ1) is 13.3. The maximum Gasteiger partial charge on any atom is 0.356 e. The normalized spacial score (nSPS) is 11.1. The first-order valence-electron chi connectivity index (χ1n) is 4.64. The van der Waals surface area contributed by atoms with E-state index in [0.717, 1.165) is 6.26 Å². The van der Waals surface area contributed by atoms with Gasteiger partial charge in [-0.3, -0.25) is 0 Å². The van der Waals surface area contributed by atoms with Crippen molar-refractivity contribution in [1.29, 1.82) is 0 Å². The summed E-state index contributed by atoms with van der Waals surface area (Å²) in [6, 6.07) is 2.76. The molecule has 9 heteroatoms. The van der Waals surface area contributed by atoms with Crippen molar-refractivity contribution in [3.8, 4) is 0 Å². The molecule has 0 aliphatic heterocycles. The molecule has 1 aromatic rings. The SMILES string of the molecule is CS(=O)(=O)NCCNc1ccc(C(=O)O)nn1. The molecule has 3 N–H and O–H groups in total. The predicted octanol–water partition coefficient (Wildman–Crippen LogP) is -0.864. The van der Waals surface area contributed by atoms with Crippen LogP contribution < -0.4 is 10.0 Å². The van der Waals surface area contributed by atoms with Crippen molar-refractivity contribution < 1.29 is 18.3 Å². The van der Waals surface area contributed by atoms with Crippen molar-refractivity contribution >= 4 is 21.8 Å². The van der Waals surface area contributed by atoms with E-state index in [9.17, 15) is 13.2 Å². The number of carboxylic acids is 1. The molecule has 17 heavy (non-hydrogen) atoms. The summed E-state index contributed by atoms with van der Waals surface area (Å²) in [6.07, 6.45) is 1.06. The van der Waals surface area contributed by atoms with Gasteiger partial charge in [-0.05, 0) is 12.1 Å². The van der Waals surface area contributed by atoms with E-state index in [4.69, 9.17) is 5.11 Å². The number of hydrogen-bond acceptors (Lipinski definition) is 6. The summed E-state index contributed by atoms with van der Waals surface area (Å²) in [7, 11) is -3.20. The molecule has 0 saturated heterocycles. The molecule has 0 aromatic carbocycles. The Bertz CT molecular complexity index is 485. The van der Waals surface area contributed by atoms with Gasteiger partial charge in [-0.25, -0.2) is 17.9 Å². The summed E-state index contributed by atoms with van der Waals surface area (Å²) in [5.74, 6) is -0.770. The summed E-state index contributed by atoms with van der Waals surface area (Å²) in [5.41, 5.74) is -0.148. The van der Waals surface area contributed by atoms with Gasteiger partial charge in [0.1, 0.15) is 5.82 Å². The molecule has 0 spiro atoms. The maximum atomic E-state index is 10.7. The summed E-state index contributed by atoms with van der Waals surface area (Å²) in [5, 5.41) is 18.4. The largest absolute Gasteiger partial charge is 0.476 e. The second-order valence-corrected chi connectivity index (χ2v) is 5.04. The van der Waals surface area contributed by atoms with E-state index in [1.54, 1.807) is 0 Å². The van der Waals surface area contributed by atoms with E-state index < -0.39 is 16.0 Å². The predicted molar refractivity (Wildman–Crippen MR) is 60.3 cm³/mol. The molecular formula is C8H12N4O4S. The van der Waals surface area contributed by atoms with Crippen LogP contribution >= 0.6 is 0 Å². The van der Waals surface area contributed by atoms with Crippen LogP contribution in [0.3, 0.4) is 0 Å². The Balaban J connectivity index is 2.40. The van der Waals surface area contributed by atoms with Gasteiger partial charge in [0, 0.05) is 13.1 Å². The lowest BCUT2D eigenvalue weighted by Crippen LogP contribution is -2.27. The highest BCUT2D eigenvalue weighted by Crippen LogP contribution is 2.00. The molecular weight excluding hydrogens is 248 g/mol. The minimum absolute atomic E-state index is 0.148. The molecule has 0 amide bonds. The first-order chi connectivity index (χ1) is 7.88. The average Bonchev–Trinajstić information content (AvgIpc) is 2.24. The molecule has 8 nitrogen and oxygen atoms in total. The molecule has 0 unspecified atom stereocenters. The molecule has 0 saturated carbocycles. The van der Waals surface area contributed by atoms with Gasteiger partial charge in [0.05, 0.1) is 6.26 Å². The smallest absolute Gasteiger partial charge is 0.356 e. The van der Waals surface area contributed by atoms with Crippen molar-refractivity contribution in [1.82, 2.24) is 14.9 Å². The molecule has 0 aliphatic carbocycles. The van der Waals surface area contributed by atoms with Crippen LogP contribution in [-0.4, -0.2) is 49.0 Å². The third-order valence-electron chi connectivity index (χ3n) is 1.68. The van der Waals surface area contributed by atoms with Crippen LogP contribution in [0.4, 0.5) is 5.82 Å². The zero-order valence-corrected chi connectivity index (χ0v) is 9.86. The van der Waals surface area contributed by atoms with Gasteiger partial charge in [0.15, 0.2) is 5.69 Å². The highest BCUT2D eigenvalue weighted by atomic mass is 32.2. The zero-order valence-electron chi connectivity index (χ0n) is 9.04. The average molecular weight is 260 g/mol. The lowest BCUT2D eigenvalue weighted by molar-refractivity contribution is 0.0689. The summed E-state index contributed by atoms with van der Waals surface area (Å²) in [4.78, 5) is 10.5. The van der Waals surface area contributed by atoms with E-state index in [1.807, 2.05) is 0 Å². The molecule has 1 aromatic heterocycles. The number of hydrogen-bond donors (Lipinski definition) is 3. The molecule has 0 atom stereocenters. The third-order valence-corrected chi connectivity index (χ3v) is 2.41. The number of rotatable bonds is 6. The lowest BCUT2D eigenvalue weighted by atomic mass is 10.4. The lowest BCUT2D eigenvalue weighted by Gasteiger charge is -2.05. The number of carbonyl (C=O) groups is 1. The molecule has 1 heterocycles. The summed E-state index contributed by atoms with van der Waals surface area (Å²) >= 11 is 0. The van der Waals surface area contributed by atoms with Crippen molar-refractivity contribution in [2.45, 2.75) is 0 Å². The van der Waals surface area contributed by atoms with Crippen molar-refractivity contribution in [3.05, 3.63) is 17.8 Å². The zero-order chi connectivity index (χ0) is 12.9. The van der Waals surface area contributed by atoms with Crippen LogP contribution in [-0.2, 0) is 10.0 Å². The molecule has 94 valence electrons. The fraction of sp³-hybridized carbons (Fsp3) is 0.375. The monoisotopic (exact) mass is 260 g/mol. The van der Waals surface area contributed by atoms with E-state index in [2.05, 4.69) is 20.2 Å². The Kier molecular flexibility index (Phi) is 4.35. The van der Waals surface area contributed by atoms with Crippen LogP contribution in [0.1, 0.15) is 10.5 Å². The Hall–Kier alpha value is -1.74. The second kappa shape index (κ2) is 5.55. The molecule has 0 fully saturated rings. The quantitative estimate of drug-likeness (QED) is 0.569. The number of anilines is 1. The van der Waals surface area contributed by atoms with Crippen molar-refractivity contribution in [3.63, 3.8) is 0 Å². The molecule has 1 rings (SSSR count). The van der Waals surface area contributed by atoms with E-state index in [0.29, 0.717) is 12.4 Å². The van der Waals surface area contributed by atoms with Crippen LogP contribution in [0, 0.1) is 0 Å². The number of aromatic carboxylic acids is 1.